The fourth-order valence-corrected chi connectivity index (χ4v) is 3.06. The summed E-state index contributed by atoms with van der Waals surface area (Å²) in [6.45, 7) is 9.03. The standard InChI is InChI=1S/C18H24N4O/c1-15(2)13-20-8-10-21(11-9-20)18(23)17-12-19-14-22(17)16-6-4-3-5-7-16/h3-7,12,14-15H,8-11,13H2,1-2H3. The van der Waals surface area contributed by atoms with E-state index in [1.807, 2.05) is 39.8 Å². The van der Waals surface area contributed by atoms with E-state index in [1.54, 1.807) is 12.5 Å². The van der Waals surface area contributed by atoms with Crippen molar-refractivity contribution >= 4 is 5.91 Å². The molecule has 23 heavy (non-hydrogen) atoms. The molecule has 0 spiro atoms. The van der Waals surface area contributed by atoms with Gasteiger partial charge in [-0.25, -0.2) is 4.98 Å². The van der Waals surface area contributed by atoms with Gasteiger partial charge in [0.05, 0.1) is 12.5 Å². The number of hydrogen-bond donors (Lipinski definition) is 0. The van der Waals surface area contributed by atoms with Gasteiger partial charge in [0, 0.05) is 38.4 Å². The van der Waals surface area contributed by atoms with E-state index >= 15 is 0 Å². The van der Waals surface area contributed by atoms with Crippen LogP contribution in [0.4, 0.5) is 0 Å². The Morgan fingerprint density at radius 3 is 2.48 bits per heavy atom. The molecule has 0 radical (unpaired) electrons. The van der Waals surface area contributed by atoms with E-state index in [0.29, 0.717) is 11.6 Å². The van der Waals surface area contributed by atoms with Crippen molar-refractivity contribution in [3.05, 3.63) is 48.5 Å². The fourth-order valence-electron chi connectivity index (χ4n) is 3.06. The number of para-hydroxylation sites is 1. The molecule has 2 heterocycles. The first-order valence-electron chi connectivity index (χ1n) is 8.24. The van der Waals surface area contributed by atoms with Gasteiger partial charge in [0.25, 0.3) is 5.91 Å². The SMILES string of the molecule is CC(C)CN1CCN(C(=O)c2cncn2-c2ccccc2)CC1. The smallest absolute Gasteiger partial charge is 0.272 e. The molecule has 1 fully saturated rings. The van der Waals surface area contributed by atoms with Crippen molar-refractivity contribution in [2.75, 3.05) is 32.7 Å². The van der Waals surface area contributed by atoms with Gasteiger partial charge >= 0.3 is 0 Å². The summed E-state index contributed by atoms with van der Waals surface area (Å²) >= 11 is 0. The predicted molar refractivity (Wildman–Crippen MR) is 90.7 cm³/mol. The molecule has 122 valence electrons. The van der Waals surface area contributed by atoms with Crippen molar-refractivity contribution in [3.63, 3.8) is 0 Å². The van der Waals surface area contributed by atoms with Crippen molar-refractivity contribution < 1.29 is 4.79 Å². The predicted octanol–water partition coefficient (Wildman–Crippen LogP) is 2.29. The molecule has 2 aromatic rings. The first-order chi connectivity index (χ1) is 11.1. The van der Waals surface area contributed by atoms with Crippen LogP contribution in [0.25, 0.3) is 5.69 Å². The van der Waals surface area contributed by atoms with Crippen LogP contribution in [0.2, 0.25) is 0 Å². The first-order valence-corrected chi connectivity index (χ1v) is 8.24. The Morgan fingerprint density at radius 2 is 1.83 bits per heavy atom. The number of carbonyl (C=O) groups is 1. The summed E-state index contributed by atoms with van der Waals surface area (Å²) in [5.41, 5.74) is 1.60. The van der Waals surface area contributed by atoms with Gasteiger partial charge in [0.15, 0.2) is 0 Å². The Balaban J connectivity index is 1.70. The van der Waals surface area contributed by atoms with Crippen molar-refractivity contribution in [1.29, 1.82) is 0 Å². The second kappa shape index (κ2) is 6.96. The van der Waals surface area contributed by atoms with Crippen LogP contribution in [0, 0.1) is 5.92 Å². The summed E-state index contributed by atoms with van der Waals surface area (Å²) in [6.07, 6.45) is 3.37. The van der Waals surface area contributed by atoms with Crippen LogP contribution in [0.5, 0.6) is 0 Å². The minimum absolute atomic E-state index is 0.0653. The van der Waals surface area contributed by atoms with Crippen LogP contribution in [0.3, 0.4) is 0 Å². The number of rotatable bonds is 4. The molecule has 5 heteroatoms. The Morgan fingerprint density at radius 1 is 1.13 bits per heavy atom. The van der Waals surface area contributed by atoms with Crippen LogP contribution in [-0.2, 0) is 0 Å². The van der Waals surface area contributed by atoms with Gasteiger partial charge in [-0.05, 0) is 18.1 Å². The highest BCUT2D eigenvalue weighted by atomic mass is 16.2. The second-order valence-corrected chi connectivity index (χ2v) is 6.47. The molecule has 1 amide bonds. The molecule has 1 saturated heterocycles. The monoisotopic (exact) mass is 312 g/mol. The van der Waals surface area contributed by atoms with Crippen molar-refractivity contribution in [2.24, 2.45) is 5.92 Å². The van der Waals surface area contributed by atoms with Crippen molar-refractivity contribution in [3.8, 4) is 5.69 Å². The van der Waals surface area contributed by atoms with Gasteiger partial charge in [-0.1, -0.05) is 32.0 Å². The normalized spacial score (nSPS) is 16.0. The molecule has 1 aliphatic rings. The van der Waals surface area contributed by atoms with Gasteiger partial charge in [0.2, 0.25) is 0 Å². The average molecular weight is 312 g/mol. The minimum atomic E-state index is 0.0653. The molecule has 3 rings (SSSR count). The van der Waals surface area contributed by atoms with E-state index in [9.17, 15) is 4.79 Å². The maximum Gasteiger partial charge on any atom is 0.272 e. The van der Waals surface area contributed by atoms with Crippen LogP contribution in [-0.4, -0.2) is 58.0 Å². The molecule has 0 bridgehead atoms. The van der Waals surface area contributed by atoms with Crippen LogP contribution in [0.15, 0.2) is 42.9 Å². The van der Waals surface area contributed by atoms with E-state index < -0.39 is 0 Å². The lowest BCUT2D eigenvalue weighted by molar-refractivity contribution is 0.0616. The highest BCUT2D eigenvalue weighted by molar-refractivity contribution is 5.93. The fraction of sp³-hybridized carbons (Fsp3) is 0.444. The van der Waals surface area contributed by atoms with E-state index in [0.717, 1.165) is 38.4 Å². The van der Waals surface area contributed by atoms with Gasteiger partial charge in [-0.15, -0.1) is 0 Å². The molecule has 1 aromatic carbocycles. The molecule has 1 aromatic heterocycles. The summed E-state index contributed by atoms with van der Waals surface area (Å²) in [5, 5.41) is 0. The maximum absolute atomic E-state index is 12.8. The molecule has 0 saturated carbocycles. The zero-order chi connectivity index (χ0) is 16.2. The number of hydrogen-bond acceptors (Lipinski definition) is 3. The second-order valence-electron chi connectivity index (χ2n) is 6.47. The third-order valence-corrected chi connectivity index (χ3v) is 4.17. The topological polar surface area (TPSA) is 41.4 Å². The zero-order valence-corrected chi connectivity index (χ0v) is 13.9. The summed E-state index contributed by atoms with van der Waals surface area (Å²) < 4.78 is 1.86. The van der Waals surface area contributed by atoms with Crippen LogP contribution in [0.1, 0.15) is 24.3 Å². The van der Waals surface area contributed by atoms with Gasteiger partial charge in [0.1, 0.15) is 5.69 Å². The number of nitrogens with zero attached hydrogens (tertiary/aromatic N) is 4. The van der Waals surface area contributed by atoms with Gasteiger partial charge in [-0.3, -0.25) is 14.3 Å². The third kappa shape index (κ3) is 3.62. The quantitative estimate of drug-likeness (QED) is 0.870. The average Bonchev–Trinajstić information content (AvgIpc) is 3.05. The summed E-state index contributed by atoms with van der Waals surface area (Å²) in [6, 6.07) is 9.87. The molecule has 1 aliphatic heterocycles. The van der Waals surface area contributed by atoms with Gasteiger partial charge < -0.3 is 4.90 Å². The Hall–Kier alpha value is -2.14. The largest absolute Gasteiger partial charge is 0.335 e. The minimum Gasteiger partial charge on any atom is -0.335 e. The highest BCUT2D eigenvalue weighted by Gasteiger charge is 2.24. The maximum atomic E-state index is 12.8. The van der Waals surface area contributed by atoms with E-state index in [4.69, 9.17) is 0 Å². The number of aromatic nitrogens is 2. The summed E-state index contributed by atoms with van der Waals surface area (Å²) in [5.74, 6) is 0.729. The number of carbonyl (C=O) groups excluding carboxylic acids is 1. The van der Waals surface area contributed by atoms with Crippen molar-refractivity contribution in [2.45, 2.75) is 13.8 Å². The lowest BCUT2D eigenvalue weighted by Crippen LogP contribution is -2.49. The van der Waals surface area contributed by atoms with E-state index in [-0.39, 0.29) is 5.91 Å². The first kappa shape index (κ1) is 15.7. The molecule has 0 atom stereocenters. The lowest BCUT2D eigenvalue weighted by Gasteiger charge is -2.35. The van der Waals surface area contributed by atoms with Crippen molar-refractivity contribution in [1.82, 2.24) is 19.4 Å². The van der Waals surface area contributed by atoms with E-state index in [1.165, 1.54) is 0 Å². The Kier molecular flexibility index (Phi) is 4.76. The molecule has 0 N–H and O–H groups in total. The van der Waals surface area contributed by atoms with Gasteiger partial charge in [-0.2, -0.15) is 0 Å². The van der Waals surface area contributed by atoms with Crippen LogP contribution >= 0.6 is 0 Å². The third-order valence-electron chi connectivity index (χ3n) is 4.17. The number of piperazine rings is 1. The van der Waals surface area contributed by atoms with Crippen LogP contribution < -0.4 is 0 Å². The number of imidazole rings is 1. The molecule has 5 nitrogen and oxygen atoms in total. The van der Waals surface area contributed by atoms with E-state index in [2.05, 4.69) is 23.7 Å². The molecule has 0 aliphatic carbocycles. The lowest BCUT2D eigenvalue weighted by atomic mass is 10.2. The highest BCUT2D eigenvalue weighted by Crippen LogP contribution is 2.14. The molecular weight excluding hydrogens is 288 g/mol. The zero-order valence-electron chi connectivity index (χ0n) is 13.9. The Labute approximate surface area is 137 Å². The number of benzene rings is 1. The molecular formula is C18H24N4O. The summed E-state index contributed by atoms with van der Waals surface area (Å²) in [4.78, 5) is 21.4. The number of amides is 1. The summed E-state index contributed by atoms with van der Waals surface area (Å²) in [7, 11) is 0. The Bertz CT molecular complexity index is 642. The molecule has 0 unspecified atom stereocenters.